The van der Waals surface area contributed by atoms with Gasteiger partial charge in [0, 0.05) is 17.1 Å². The molecule has 1 nitrogen and oxygen atoms in total. The van der Waals surface area contributed by atoms with Crippen LogP contribution in [0.15, 0.2) is 72.9 Å². The summed E-state index contributed by atoms with van der Waals surface area (Å²) in [6.07, 6.45) is 1.95. The first-order valence-corrected chi connectivity index (χ1v) is 7.15. The Morgan fingerprint density at radius 3 is 2.29 bits per heavy atom. The molecular weight excluding hydrogens is 254 g/mol. The van der Waals surface area contributed by atoms with Crippen molar-refractivity contribution >= 4 is 21.5 Å². The first kappa shape index (κ1) is 12.1. The van der Waals surface area contributed by atoms with E-state index in [-0.39, 0.29) is 0 Å². The van der Waals surface area contributed by atoms with E-state index in [0.29, 0.717) is 0 Å². The zero-order valence-corrected chi connectivity index (χ0v) is 11.9. The molecule has 0 atom stereocenters. The molecule has 0 spiro atoms. The second kappa shape index (κ2) is 4.71. The van der Waals surface area contributed by atoms with Crippen LogP contribution >= 0.6 is 0 Å². The highest BCUT2D eigenvalue weighted by molar-refractivity contribution is 5.90. The van der Waals surface area contributed by atoms with Gasteiger partial charge in [-0.05, 0) is 35.2 Å². The molecule has 0 saturated heterocycles. The Hall–Kier alpha value is -2.67. The van der Waals surface area contributed by atoms with E-state index in [1.54, 1.807) is 0 Å². The van der Waals surface area contributed by atoms with Crippen molar-refractivity contribution in [3.8, 4) is 11.3 Å². The minimum absolute atomic E-state index is 1.02. The Morgan fingerprint density at radius 1 is 0.667 bits per heavy atom. The summed E-state index contributed by atoms with van der Waals surface area (Å²) in [5, 5.41) is 4.94. The van der Waals surface area contributed by atoms with E-state index >= 15 is 0 Å². The standard InChI is InChI=1S/C20H15N/c1-14-6-7-17-11-18(9-8-16(17)10-14)20-12-15-4-2-3-5-19(15)13-21-20/h2-13H,1H3. The van der Waals surface area contributed by atoms with E-state index in [4.69, 9.17) is 0 Å². The van der Waals surface area contributed by atoms with Gasteiger partial charge in [0.05, 0.1) is 5.69 Å². The first-order valence-electron chi connectivity index (χ1n) is 7.15. The van der Waals surface area contributed by atoms with Gasteiger partial charge in [0.15, 0.2) is 0 Å². The monoisotopic (exact) mass is 269 g/mol. The molecule has 0 saturated carbocycles. The SMILES string of the molecule is Cc1ccc2cc(-c3cc4ccccc4cn3)ccc2c1. The molecule has 100 valence electrons. The van der Waals surface area contributed by atoms with Gasteiger partial charge in [0.25, 0.3) is 0 Å². The molecule has 0 N–H and O–H groups in total. The molecule has 0 aliphatic heterocycles. The maximum Gasteiger partial charge on any atom is 0.0708 e. The number of aryl methyl sites for hydroxylation is 1. The van der Waals surface area contributed by atoms with E-state index in [1.165, 1.54) is 27.1 Å². The summed E-state index contributed by atoms with van der Waals surface area (Å²) in [4.78, 5) is 4.60. The van der Waals surface area contributed by atoms with Gasteiger partial charge in [-0.25, -0.2) is 0 Å². The number of hydrogen-bond donors (Lipinski definition) is 0. The van der Waals surface area contributed by atoms with Crippen molar-refractivity contribution in [1.29, 1.82) is 0 Å². The third-order valence-electron chi connectivity index (χ3n) is 3.92. The number of pyridine rings is 1. The molecule has 21 heavy (non-hydrogen) atoms. The van der Waals surface area contributed by atoms with E-state index in [0.717, 1.165) is 11.3 Å². The van der Waals surface area contributed by atoms with E-state index in [2.05, 4.69) is 72.6 Å². The summed E-state index contributed by atoms with van der Waals surface area (Å²) in [7, 11) is 0. The fourth-order valence-electron chi connectivity index (χ4n) is 2.77. The maximum atomic E-state index is 4.60. The summed E-state index contributed by atoms with van der Waals surface area (Å²) in [6.45, 7) is 2.12. The van der Waals surface area contributed by atoms with Gasteiger partial charge in [-0.1, -0.05) is 60.2 Å². The lowest BCUT2D eigenvalue weighted by molar-refractivity contribution is 1.36. The minimum Gasteiger partial charge on any atom is -0.256 e. The molecule has 0 aliphatic rings. The Kier molecular flexibility index (Phi) is 2.71. The van der Waals surface area contributed by atoms with Crippen LogP contribution in [0, 0.1) is 6.92 Å². The van der Waals surface area contributed by atoms with Crippen molar-refractivity contribution in [3.05, 3.63) is 78.5 Å². The van der Waals surface area contributed by atoms with Gasteiger partial charge < -0.3 is 0 Å². The van der Waals surface area contributed by atoms with E-state index in [9.17, 15) is 0 Å². The van der Waals surface area contributed by atoms with Crippen LogP contribution in [0.25, 0.3) is 32.8 Å². The number of aromatic nitrogens is 1. The van der Waals surface area contributed by atoms with E-state index in [1.807, 2.05) is 12.3 Å². The Bertz CT molecular complexity index is 954. The molecule has 4 rings (SSSR count). The molecule has 1 heteroatoms. The largest absolute Gasteiger partial charge is 0.256 e. The molecule has 0 unspecified atom stereocenters. The van der Waals surface area contributed by atoms with Crippen LogP contribution in [0.4, 0.5) is 0 Å². The minimum atomic E-state index is 1.02. The second-order valence-corrected chi connectivity index (χ2v) is 5.48. The summed E-state index contributed by atoms with van der Waals surface area (Å²) in [5.41, 5.74) is 3.48. The number of rotatable bonds is 1. The van der Waals surface area contributed by atoms with Gasteiger partial charge in [0.1, 0.15) is 0 Å². The number of nitrogens with zero attached hydrogens (tertiary/aromatic N) is 1. The smallest absolute Gasteiger partial charge is 0.0708 e. The van der Waals surface area contributed by atoms with Crippen molar-refractivity contribution < 1.29 is 0 Å². The molecule has 4 aromatic rings. The Labute approximate surface area is 123 Å². The van der Waals surface area contributed by atoms with Gasteiger partial charge in [-0.3, -0.25) is 4.98 Å². The molecular formula is C20H15N. The van der Waals surface area contributed by atoms with Crippen LogP contribution in [0.3, 0.4) is 0 Å². The number of hydrogen-bond acceptors (Lipinski definition) is 1. The fourth-order valence-corrected chi connectivity index (χ4v) is 2.77. The van der Waals surface area contributed by atoms with Crippen LogP contribution in [-0.4, -0.2) is 4.98 Å². The van der Waals surface area contributed by atoms with Crippen molar-refractivity contribution in [1.82, 2.24) is 4.98 Å². The van der Waals surface area contributed by atoms with Crippen LogP contribution in [0.5, 0.6) is 0 Å². The molecule has 1 heterocycles. The highest BCUT2D eigenvalue weighted by atomic mass is 14.7. The topological polar surface area (TPSA) is 12.9 Å². The van der Waals surface area contributed by atoms with Gasteiger partial charge in [-0.15, -0.1) is 0 Å². The molecule has 1 aromatic heterocycles. The molecule has 3 aromatic carbocycles. The predicted octanol–water partition coefficient (Wildman–Crippen LogP) is 5.36. The summed E-state index contributed by atoms with van der Waals surface area (Å²) >= 11 is 0. The predicted molar refractivity (Wildman–Crippen MR) is 89.4 cm³/mol. The average Bonchev–Trinajstić information content (AvgIpc) is 2.54. The summed E-state index contributed by atoms with van der Waals surface area (Å²) in [6, 6.07) is 23.6. The number of benzene rings is 3. The first-order chi connectivity index (χ1) is 10.3. The third-order valence-corrected chi connectivity index (χ3v) is 3.92. The Morgan fingerprint density at radius 2 is 1.38 bits per heavy atom. The van der Waals surface area contributed by atoms with E-state index < -0.39 is 0 Å². The van der Waals surface area contributed by atoms with Crippen molar-refractivity contribution in [2.24, 2.45) is 0 Å². The second-order valence-electron chi connectivity index (χ2n) is 5.48. The quantitative estimate of drug-likeness (QED) is 0.453. The zero-order chi connectivity index (χ0) is 14.2. The highest BCUT2D eigenvalue weighted by Crippen LogP contribution is 2.26. The van der Waals surface area contributed by atoms with Crippen LogP contribution < -0.4 is 0 Å². The van der Waals surface area contributed by atoms with Crippen LogP contribution in [0.1, 0.15) is 5.56 Å². The highest BCUT2D eigenvalue weighted by Gasteiger charge is 2.03. The molecule has 0 bridgehead atoms. The molecule has 0 radical (unpaired) electrons. The molecule has 0 fully saturated rings. The van der Waals surface area contributed by atoms with Gasteiger partial charge >= 0.3 is 0 Å². The normalized spacial score (nSPS) is 11.1. The zero-order valence-electron chi connectivity index (χ0n) is 11.9. The lowest BCUT2D eigenvalue weighted by Gasteiger charge is -2.06. The van der Waals surface area contributed by atoms with Gasteiger partial charge in [-0.2, -0.15) is 0 Å². The third kappa shape index (κ3) is 2.17. The van der Waals surface area contributed by atoms with Crippen molar-refractivity contribution in [2.75, 3.05) is 0 Å². The lowest BCUT2D eigenvalue weighted by atomic mass is 10.0. The molecule has 0 amide bonds. The summed E-state index contributed by atoms with van der Waals surface area (Å²) < 4.78 is 0. The van der Waals surface area contributed by atoms with Crippen molar-refractivity contribution in [3.63, 3.8) is 0 Å². The molecule has 0 aliphatic carbocycles. The van der Waals surface area contributed by atoms with Crippen molar-refractivity contribution in [2.45, 2.75) is 6.92 Å². The summed E-state index contributed by atoms with van der Waals surface area (Å²) in [5.74, 6) is 0. The maximum absolute atomic E-state index is 4.60. The fraction of sp³-hybridized carbons (Fsp3) is 0.0500. The Balaban J connectivity index is 1.89. The average molecular weight is 269 g/mol. The van der Waals surface area contributed by atoms with Crippen LogP contribution in [-0.2, 0) is 0 Å². The number of fused-ring (bicyclic) bond motifs is 2. The van der Waals surface area contributed by atoms with Gasteiger partial charge in [0.2, 0.25) is 0 Å². The lowest BCUT2D eigenvalue weighted by Crippen LogP contribution is -1.85. The van der Waals surface area contributed by atoms with Crippen LogP contribution in [0.2, 0.25) is 0 Å².